The van der Waals surface area contributed by atoms with Gasteiger partial charge in [0.2, 0.25) is 0 Å². The lowest BCUT2D eigenvalue weighted by molar-refractivity contribution is 0.253. The van der Waals surface area contributed by atoms with Crippen molar-refractivity contribution >= 4 is 28.7 Å². The van der Waals surface area contributed by atoms with E-state index < -0.39 is 0 Å². The number of benzene rings is 2. The first kappa shape index (κ1) is 19.6. The molecule has 5 nitrogen and oxygen atoms in total. The molecule has 1 fully saturated rings. The van der Waals surface area contributed by atoms with Gasteiger partial charge in [0.15, 0.2) is 0 Å². The number of unbranched alkanes of at least 4 members (excludes halogenated alkanes) is 1. The van der Waals surface area contributed by atoms with Crippen molar-refractivity contribution in [1.29, 1.82) is 0 Å². The van der Waals surface area contributed by atoms with Gasteiger partial charge in [0.1, 0.15) is 5.75 Å². The number of nitrogens with zero attached hydrogens (tertiary/aromatic N) is 2. The minimum Gasteiger partial charge on any atom is -0.495 e. The Morgan fingerprint density at radius 2 is 1.85 bits per heavy atom. The predicted octanol–water partition coefficient (Wildman–Crippen LogP) is 3.95. The van der Waals surface area contributed by atoms with E-state index in [0.717, 1.165) is 62.8 Å². The summed E-state index contributed by atoms with van der Waals surface area (Å²) in [5.74, 6) is 0.956. The lowest BCUT2D eigenvalue weighted by Gasteiger charge is -2.36. The van der Waals surface area contributed by atoms with E-state index in [0.29, 0.717) is 5.02 Å². The quantitative estimate of drug-likeness (QED) is 0.529. The van der Waals surface area contributed by atoms with Gasteiger partial charge in [-0.15, -0.1) is 0 Å². The van der Waals surface area contributed by atoms with Crippen molar-refractivity contribution in [2.24, 2.45) is 0 Å². The number of halogens is 1. The van der Waals surface area contributed by atoms with E-state index in [1.165, 1.54) is 12.1 Å². The molecule has 0 bridgehead atoms. The van der Waals surface area contributed by atoms with Gasteiger partial charge < -0.3 is 20.7 Å². The van der Waals surface area contributed by atoms with Crippen molar-refractivity contribution in [2.45, 2.75) is 12.8 Å². The third-order valence-electron chi connectivity index (χ3n) is 5.03. The van der Waals surface area contributed by atoms with Gasteiger partial charge >= 0.3 is 0 Å². The van der Waals surface area contributed by atoms with Crippen LogP contribution in [0.25, 0.3) is 0 Å². The van der Waals surface area contributed by atoms with Crippen molar-refractivity contribution in [3.63, 3.8) is 0 Å². The normalized spacial score (nSPS) is 15.0. The summed E-state index contributed by atoms with van der Waals surface area (Å²) in [5.41, 5.74) is 8.82. The van der Waals surface area contributed by atoms with Gasteiger partial charge in [0.05, 0.1) is 24.2 Å². The first-order valence-electron chi connectivity index (χ1n) is 9.56. The Morgan fingerprint density at radius 1 is 1.07 bits per heavy atom. The fourth-order valence-electron chi connectivity index (χ4n) is 3.47. The second kappa shape index (κ2) is 9.72. The molecule has 0 atom stereocenters. The molecule has 1 saturated heterocycles. The fourth-order valence-corrected chi connectivity index (χ4v) is 3.64. The van der Waals surface area contributed by atoms with Gasteiger partial charge in [-0.05, 0) is 49.7 Å². The van der Waals surface area contributed by atoms with E-state index in [1.54, 1.807) is 7.11 Å². The van der Waals surface area contributed by atoms with E-state index >= 15 is 0 Å². The number of nitrogen functional groups attached to an aromatic ring is 1. The number of rotatable bonds is 8. The smallest absolute Gasteiger partial charge is 0.142 e. The Bertz CT molecular complexity index is 732. The van der Waals surface area contributed by atoms with Crippen molar-refractivity contribution < 1.29 is 4.74 Å². The molecule has 146 valence electrons. The van der Waals surface area contributed by atoms with Crippen LogP contribution in [0.3, 0.4) is 0 Å². The molecule has 0 radical (unpaired) electrons. The van der Waals surface area contributed by atoms with E-state index in [1.807, 2.05) is 30.3 Å². The minimum absolute atomic E-state index is 0.708. The monoisotopic (exact) mass is 388 g/mol. The van der Waals surface area contributed by atoms with Gasteiger partial charge in [-0.1, -0.05) is 23.7 Å². The standard InChI is InChI=1S/C21H29ClN4O/c1-27-21-7-3-2-6-20(21)26-14-12-25(13-15-26)11-5-4-10-24-19-16-17(22)8-9-18(19)23/h2-3,6-9,16,24H,4-5,10-15,23H2,1H3. The Labute approximate surface area is 167 Å². The third kappa shape index (κ3) is 5.44. The van der Waals surface area contributed by atoms with Crippen LogP contribution in [0.15, 0.2) is 42.5 Å². The van der Waals surface area contributed by atoms with E-state index in [9.17, 15) is 0 Å². The molecule has 2 aromatic carbocycles. The summed E-state index contributed by atoms with van der Waals surface area (Å²) in [6.07, 6.45) is 2.28. The SMILES string of the molecule is COc1ccccc1N1CCN(CCCCNc2cc(Cl)ccc2N)CC1. The number of anilines is 3. The third-order valence-corrected chi connectivity index (χ3v) is 5.27. The average molecular weight is 389 g/mol. The molecule has 3 rings (SSSR count). The lowest BCUT2D eigenvalue weighted by Crippen LogP contribution is -2.46. The van der Waals surface area contributed by atoms with Crippen LogP contribution in [-0.4, -0.2) is 51.3 Å². The minimum atomic E-state index is 0.708. The Hall–Kier alpha value is -2.11. The summed E-state index contributed by atoms with van der Waals surface area (Å²) in [4.78, 5) is 4.96. The molecule has 1 heterocycles. The molecule has 0 amide bonds. The summed E-state index contributed by atoms with van der Waals surface area (Å²) >= 11 is 6.02. The molecule has 0 aromatic heterocycles. The van der Waals surface area contributed by atoms with Crippen LogP contribution in [0, 0.1) is 0 Å². The lowest BCUT2D eigenvalue weighted by atomic mass is 10.2. The van der Waals surface area contributed by atoms with Crippen molar-refractivity contribution in [1.82, 2.24) is 4.90 Å². The molecule has 1 aliphatic heterocycles. The molecular weight excluding hydrogens is 360 g/mol. The van der Waals surface area contributed by atoms with Crippen molar-refractivity contribution in [3.8, 4) is 5.75 Å². The Morgan fingerprint density at radius 3 is 2.63 bits per heavy atom. The first-order chi connectivity index (χ1) is 13.2. The van der Waals surface area contributed by atoms with Crippen LogP contribution in [0.4, 0.5) is 17.1 Å². The van der Waals surface area contributed by atoms with Gasteiger partial charge in [-0.25, -0.2) is 0 Å². The molecule has 27 heavy (non-hydrogen) atoms. The highest BCUT2D eigenvalue weighted by atomic mass is 35.5. The summed E-state index contributed by atoms with van der Waals surface area (Å²) in [6, 6.07) is 13.8. The molecule has 2 aromatic rings. The molecule has 1 aliphatic rings. The highest BCUT2D eigenvalue weighted by molar-refractivity contribution is 6.31. The van der Waals surface area contributed by atoms with Gasteiger partial charge in [-0.3, -0.25) is 4.90 Å². The van der Waals surface area contributed by atoms with Crippen LogP contribution in [0.5, 0.6) is 5.75 Å². The number of methoxy groups -OCH3 is 1. The predicted molar refractivity (Wildman–Crippen MR) is 115 cm³/mol. The maximum Gasteiger partial charge on any atom is 0.142 e. The van der Waals surface area contributed by atoms with Crippen LogP contribution >= 0.6 is 11.6 Å². The van der Waals surface area contributed by atoms with E-state index in [2.05, 4.69) is 27.2 Å². The number of nitrogens with two attached hydrogens (primary N) is 1. The molecule has 0 aliphatic carbocycles. The second-order valence-electron chi connectivity index (χ2n) is 6.87. The molecule has 0 unspecified atom stereocenters. The van der Waals surface area contributed by atoms with Crippen LogP contribution < -0.4 is 20.7 Å². The van der Waals surface area contributed by atoms with Crippen LogP contribution in [-0.2, 0) is 0 Å². The number of para-hydroxylation sites is 2. The molecule has 6 heteroatoms. The Kier molecular flexibility index (Phi) is 7.07. The summed E-state index contributed by atoms with van der Waals surface area (Å²) in [5, 5.41) is 4.09. The molecule has 0 spiro atoms. The second-order valence-corrected chi connectivity index (χ2v) is 7.30. The average Bonchev–Trinajstić information content (AvgIpc) is 2.70. The number of hydrogen-bond donors (Lipinski definition) is 2. The maximum atomic E-state index is 6.02. The van der Waals surface area contributed by atoms with Gasteiger partial charge in [0, 0.05) is 37.7 Å². The largest absolute Gasteiger partial charge is 0.495 e. The zero-order valence-electron chi connectivity index (χ0n) is 16.0. The van der Waals surface area contributed by atoms with Gasteiger partial charge in [0.25, 0.3) is 0 Å². The highest BCUT2D eigenvalue weighted by Gasteiger charge is 2.18. The van der Waals surface area contributed by atoms with Crippen LogP contribution in [0.1, 0.15) is 12.8 Å². The Balaban J connectivity index is 1.36. The summed E-state index contributed by atoms with van der Waals surface area (Å²) < 4.78 is 5.49. The topological polar surface area (TPSA) is 53.8 Å². The number of ether oxygens (including phenoxy) is 1. The summed E-state index contributed by atoms with van der Waals surface area (Å²) in [7, 11) is 1.74. The first-order valence-corrected chi connectivity index (χ1v) is 9.94. The maximum absolute atomic E-state index is 6.02. The zero-order chi connectivity index (χ0) is 19.1. The van der Waals surface area contributed by atoms with Gasteiger partial charge in [-0.2, -0.15) is 0 Å². The number of hydrogen-bond acceptors (Lipinski definition) is 5. The zero-order valence-corrected chi connectivity index (χ0v) is 16.7. The van der Waals surface area contributed by atoms with Crippen LogP contribution in [0.2, 0.25) is 5.02 Å². The summed E-state index contributed by atoms with van der Waals surface area (Å²) in [6.45, 7) is 6.30. The molecule has 0 saturated carbocycles. The fraction of sp³-hybridized carbons (Fsp3) is 0.429. The van der Waals surface area contributed by atoms with E-state index in [-0.39, 0.29) is 0 Å². The van der Waals surface area contributed by atoms with Crippen molar-refractivity contribution in [2.75, 3.05) is 62.3 Å². The van der Waals surface area contributed by atoms with E-state index in [4.69, 9.17) is 22.1 Å². The highest BCUT2D eigenvalue weighted by Crippen LogP contribution is 2.28. The van der Waals surface area contributed by atoms with Crippen molar-refractivity contribution in [3.05, 3.63) is 47.5 Å². The molecular formula is C21H29ClN4O. The molecule has 3 N–H and O–H groups in total. The number of piperazine rings is 1. The number of nitrogens with one attached hydrogen (secondary N) is 1.